The lowest BCUT2D eigenvalue weighted by atomic mass is 10.0. The molecule has 0 radical (unpaired) electrons. The second kappa shape index (κ2) is 9.05. The van der Waals surface area contributed by atoms with Crippen molar-refractivity contribution in [1.29, 1.82) is 0 Å². The molecule has 8 nitrogen and oxygen atoms in total. The van der Waals surface area contributed by atoms with Gasteiger partial charge in [-0.2, -0.15) is 0 Å². The maximum atomic E-state index is 12.5. The van der Waals surface area contributed by atoms with Crippen LogP contribution in [-0.4, -0.2) is 53.3 Å². The van der Waals surface area contributed by atoms with Crippen molar-refractivity contribution in [1.82, 2.24) is 15.2 Å². The normalized spacial score (nSPS) is 13.8. The number of nitrogens with one attached hydrogen (secondary N) is 2. The van der Waals surface area contributed by atoms with Crippen LogP contribution in [0.3, 0.4) is 0 Å². The number of nitrogens with zero attached hydrogens (tertiary/aromatic N) is 1. The molecule has 2 aromatic carbocycles. The second-order valence-corrected chi connectivity index (χ2v) is 7.62. The molecule has 3 aromatic rings. The maximum Gasteiger partial charge on any atom is 0.328 e. The highest BCUT2D eigenvalue weighted by Crippen LogP contribution is 2.23. The number of aromatic nitrogens is 1. The van der Waals surface area contributed by atoms with Gasteiger partial charge in [0.25, 0.3) is 11.8 Å². The molecule has 3 amide bonds. The highest BCUT2D eigenvalue weighted by atomic mass is 16.5. The average molecular weight is 433 g/mol. The lowest BCUT2D eigenvalue weighted by Crippen LogP contribution is -2.43. The molecular weight excluding hydrogens is 410 g/mol. The van der Waals surface area contributed by atoms with E-state index in [4.69, 9.17) is 4.74 Å². The Hall–Kier alpha value is -3.94. The Labute approximate surface area is 184 Å². The van der Waals surface area contributed by atoms with Crippen molar-refractivity contribution < 1.29 is 23.9 Å². The molecule has 1 aromatic heterocycles. The van der Waals surface area contributed by atoms with Crippen LogP contribution in [0, 0.1) is 0 Å². The number of hydrogen-bond donors (Lipinski definition) is 2. The first-order valence-electron chi connectivity index (χ1n) is 10.4. The minimum Gasteiger partial charge on any atom is -0.467 e. The van der Waals surface area contributed by atoms with E-state index in [0.29, 0.717) is 11.1 Å². The maximum absolute atomic E-state index is 12.5. The van der Waals surface area contributed by atoms with Crippen molar-refractivity contribution in [2.45, 2.75) is 25.3 Å². The van der Waals surface area contributed by atoms with Gasteiger partial charge in [-0.3, -0.25) is 19.3 Å². The summed E-state index contributed by atoms with van der Waals surface area (Å²) in [6.07, 6.45) is 2.45. The number of H-pyrrole nitrogens is 1. The number of methoxy groups -OCH3 is 1. The summed E-state index contributed by atoms with van der Waals surface area (Å²) >= 11 is 0. The molecule has 8 heteroatoms. The number of para-hydroxylation sites is 1. The first kappa shape index (κ1) is 21.3. The van der Waals surface area contributed by atoms with Gasteiger partial charge in [-0.05, 0) is 30.2 Å². The molecule has 0 spiro atoms. The first-order valence-corrected chi connectivity index (χ1v) is 10.4. The summed E-state index contributed by atoms with van der Waals surface area (Å²) in [7, 11) is 1.28. The lowest BCUT2D eigenvalue weighted by molar-refractivity contribution is -0.145. The molecule has 1 aliphatic heterocycles. The fourth-order valence-electron chi connectivity index (χ4n) is 3.96. The van der Waals surface area contributed by atoms with Gasteiger partial charge >= 0.3 is 5.97 Å². The minimum absolute atomic E-state index is 0.0643. The zero-order valence-corrected chi connectivity index (χ0v) is 17.6. The van der Waals surface area contributed by atoms with Crippen LogP contribution in [0.1, 0.15) is 39.1 Å². The smallest absolute Gasteiger partial charge is 0.328 e. The van der Waals surface area contributed by atoms with E-state index in [1.54, 1.807) is 24.3 Å². The van der Waals surface area contributed by atoms with Crippen molar-refractivity contribution in [3.63, 3.8) is 0 Å². The van der Waals surface area contributed by atoms with Crippen LogP contribution < -0.4 is 5.32 Å². The topological polar surface area (TPSA) is 109 Å². The number of hydrogen-bond acceptors (Lipinski definition) is 5. The van der Waals surface area contributed by atoms with Crippen LogP contribution in [0.5, 0.6) is 0 Å². The van der Waals surface area contributed by atoms with Gasteiger partial charge in [0.2, 0.25) is 5.91 Å². The third kappa shape index (κ3) is 4.12. The van der Waals surface area contributed by atoms with Gasteiger partial charge in [0.1, 0.15) is 6.04 Å². The molecule has 0 bridgehead atoms. The average Bonchev–Trinajstić information content (AvgIpc) is 3.32. The van der Waals surface area contributed by atoms with E-state index in [2.05, 4.69) is 10.3 Å². The molecule has 1 unspecified atom stereocenters. The van der Waals surface area contributed by atoms with Crippen molar-refractivity contribution in [2.24, 2.45) is 0 Å². The summed E-state index contributed by atoms with van der Waals surface area (Å²) in [4.78, 5) is 53.9. The van der Waals surface area contributed by atoms with Crippen molar-refractivity contribution in [3.8, 4) is 0 Å². The van der Waals surface area contributed by atoms with Gasteiger partial charge in [0, 0.05) is 36.5 Å². The number of carbonyl (C=O) groups is 4. The summed E-state index contributed by atoms with van der Waals surface area (Å²) in [5.74, 6) is -1.59. The molecule has 0 saturated carbocycles. The zero-order chi connectivity index (χ0) is 22.7. The van der Waals surface area contributed by atoms with Gasteiger partial charge in [-0.25, -0.2) is 4.79 Å². The van der Waals surface area contributed by atoms with Crippen molar-refractivity contribution in [2.75, 3.05) is 13.7 Å². The number of imide groups is 1. The molecule has 2 heterocycles. The number of benzene rings is 2. The van der Waals surface area contributed by atoms with E-state index in [0.717, 1.165) is 21.4 Å². The number of rotatable bonds is 8. The predicted molar refractivity (Wildman–Crippen MR) is 117 cm³/mol. The fraction of sp³-hybridized carbons (Fsp3) is 0.250. The standard InChI is InChI=1S/C24H23N3O5/c1-32-24(31)20(13-15-14-25-19-10-5-4-7-16(15)19)26-21(28)11-6-12-27-22(29)17-8-2-3-9-18(17)23(27)30/h2-5,7-10,14,20,25H,6,11-13H2,1H3,(H,26,28). The van der Waals surface area contributed by atoms with E-state index < -0.39 is 12.0 Å². The molecule has 1 atom stereocenters. The molecule has 32 heavy (non-hydrogen) atoms. The molecule has 4 rings (SSSR count). The number of fused-ring (bicyclic) bond motifs is 2. The zero-order valence-electron chi connectivity index (χ0n) is 17.6. The van der Waals surface area contributed by atoms with Crippen LogP contribution in [0.25, 0.3) is 10.9 Å². The van der Waals surface area contributed by atoms with Crippen LogP contribution in [-0.2, 0) is 20.7 Å². The van der Waals surface area contributed by atoms with Crippen molar-refractivity contribution >= 4 is 34.6 Å². The third-order valence-electron chi connectivity index (χ3n) is 5.58. The van der Waals surface area contributed by atoms with Gasteiger partial charge in [0.15, 0.2) is 0 Å². The number of esters is 1. The Kier molecular flexibility index (Phi) is 6.02. The van der Waals surface area contributed by atoms with E-state index in [1.807, 2.05) is 30.5 Å². The highest BCUT2D eigenvalue weighted by molar-refractivity contribution is 6.21. The Morgan fingerprint density at radius 1 is 1.03 bits per heavy atom. The molecule has 2 N–H and O–H groups in total. The van der Waals surface area contributed by atoms with Gasteiger partial charge in [-0.15, -0.1) is 0 Å². The summed E-state index contributed by atoms with van der Waals surface area (Å²) in [6, 6.07) is 13.5. The summed E-state index contributed by atoms with van der Waals surface area (Å²) in [6.45, 7) is 0.130. The van der Waals surface area contributed by atoms with Crippen molar-refractivity contribution in [3.05, 3.63) is 71.4 Å². The SMILES string of the molecule is COC(=O)C(Cc1c[nH]c2ccccc12)NC(=O)CCCN1C(=O)c2ccccc2C1=O. The number of ether oxygens (including phenoxy) is 1. The molecule has 1 aliphatic rings. The van der Waals surface area contributed by atoms with E-state index in [9.17, 15) is 19.2 Å². The number of aromatic amines is 1. The predicted octanol–water partition coefficient (Wildman–Crippen LogP) is 2.44. The minimum atomic E-state index is -0.842. The summed E-state index contributed by atoms with van der Waals surface area (Å²) < 4.78 is 4.86. The molecular formula is C24H23N3O5. The number of amides is 3. The largest absolute Gasteiger partial charge is 0.467 e. The molecule has 0 fully saturated rings. The Balaban J connectivity index is 1.35. The van der Waals surface area contributed by atoms with Crippen LogP contribution >= 0.6 is 0 Å². The monoisotopic (exact) mass is 433 g/mol. The van der Waals surface area contributed by atoms with Crippen LogP contribution in [0.4, 0.5) is 0 Å². The van der Waals surface area contributed by atoms with Gasteiger partial charge in [-0.1, -0.05) is 30.3 Å². The third-order valence-corrected chi connectivity index (χ3v) is 5.58. The molecule has 0 saturated heterocycles. The fourth-order valence-corrected chi connectivity index (χ4v) is 3.96. The number of carbonyl (C=O) groups excluding carboxylic acids is 4. The second-order valence-electron chi connectivity index (χ2n) is 7.62. The molecule has 164 valence electrons. The molecule has 0 aliphatic carbocycles. The summed E-state index contributed by atoms with van der Waals surface area (Å²) in [5.41, 5.74) is 2.60. The quantitative estimate of drug-likeness (QED) is 0.419. The Morgan fingerprint density at radius 2 is 1.69 bits per heavy atom. The Bertz CT molecular complexity index is 1160. The van der Waals surface area contributed by atoms with E-state index >= 15 is 0 Å². The van der Waals surface area contributed by atoms with Gasteiger partial charge < -0.3 is 15.0 Å². The van der Waals surface area contributed by atoms with Crippen LogP contribution in [0.15, 0.2) is 54.7 Å². The Morgan fingerprint density at radius 3 is 2.38 bits per heavy atom. The highest BCUT2D eigenvalue weighted by Gasteiger charge is 2.34. The lowest BCUT2D eigenvalue weighted by Gasteiger charge is -2.17. The first-order chi connectivity index (χ1) is 15.5. The van der Waals surface area contributed by atoms with E-state index in [-0.39, 0.29) is 43.5 Å². The van der Waals surface area contributed by atoms with E-state index in [1.165, 1.54) is 7.11 Å². The van der Waals surface area contributed by atoms with Gasteiger partial charge in [0.05, 0.1) is 18.2 Å². The summed E-state index contributed by atoms with van der Waals surface area (Å²) in [5, 5.41) is 3.69. The van der Waals surface area contributed by atoms with Crippen LogP contribution in [0.2, 0.25) is 0 Å².